The van der Waals surface area contributed by atoms with Gasteiger partial charge in [0.25, 0.3) is 0 Å². The van der Waals surface area contributed by atoms with Crippen LogP contribution in [0, 0.1) is 12.8 Å². The van der Waals surface area contributed by atoms with E-state index in [9.17, 15) is 4.79 Å². The third-order valence-corrected chi connectivity index (χ3v) is 3.10. The van der Waals surface area contributed by atoms with Crippen LogP contribution in [0.1, 0.15) is 24.1 Å². The van der Waals surface area contributed by atoms with Gasteiger partial charge in [-0.2, -0.15) is 0 Å². The minimum atomic E-state index is 0. The molecule has 2 N–H and O–H groups in total. The van der Waals surface area contributed by atoms with Crippen LogP contribution in [0.2, 0.25) is 0 Å². The lowest BCUT2D eigenvalue weighted by molar-refractivity contribution is -0.122. The van der Waals surface area contributed by atoms with Crippen molar-refractivity contribution in [3.05, 3.63) is 29.6 Å². The van der Waals surface area contributed by atoms with Gasteiger partial charge in [0.05, 0.1) is 0 Å². The first-order valence-electron chi connectivity index (χ1n) is 6.13. The molecule has 1 unspecified atom stereocenters. The number of pyridine rings is 1. The van der Waals surface area contributed by atoms with Gasteiger partial charge in [0.15, 0.2) is 0 Å². The predicted molar refractivity (Wildman–Crippen MR) is 80.9 cm³/mol. The average Bonchev–Trinajstić information content (AvgIpc) is 2.81. The smallest absolute Gasteiger partial charge is 0.220 e. The summed E-state index contributed by atoms with van der Waals surface area (Å²) in [4.78, 5) is 15.9. The zero-order valence-corrected chi connectivity index (χ0v) is 12.6. The van der Waals surface area contributed by atoms with Gasteiger partial charge in [-0.05, 0) is 44.0 Å². The molecule has 2 rings (SSSR count). The Morgan fingerprint density at radius 1 is 1.47 bits per heavy atom. The Hall–Kier alpha value is -0.840. The van der Waals surface area contributed by atoms with Gasteiger partial charge >= 0.3 is 0 Å². The lowest BCUT2D eigenvalue weighted by Gasteiger charge is -2.09. The van der Waals surface area contributed by atoms with Crippen molar-refractivity contribution in [1.82, 2.24) is 15.6 Å². The fraction of sp³-hybridized carbons (Fsp3) is 0.538. The molecule has 0 aliphatic carbocycles. The van der Waals surface area contributed by atoms with Gasteiger partial charge in [-0.3, -0.25) is 9.78 Å². The van der Waals surface area contributed by atoms with Gasteiger partial charge < -0.3 is 10.6 Å². The molecule has 0 saturated carbocycles. The van der Waals surface area contributed by atoms with E-state index in [4.69, 9.17) is 0 Å². The standard InChI is InChI=1S/C13H19N3O.2ClH/c1-10-2-3-12(8-15-10)9-16-13(17)6-11-4-5-14-7-11;;/h2-3,8,11,14H,4-7,9H2,1H3,(H,16,17);2*1H. The highest BCUT2D eigenvalue weighted by Crippen LogP contribution is 2.11. The molecule has 6 heteroatoms. The number of amides is 1. The Morgan fingerprint density at radius 3 is 2.84 bits per heavy atom. The quantitative estimate of drug-likeness (QED) is 0.892. The van der Waals surface area contributed by atoms with Crippen molar-refractivity contribution in [3.63, 3.8) is 0 Å². The zero-order chi connectivity index (χ0) is 12.1. The molecular weight excluding hydrogens is 285 g/mol. The molecule has 1 fully saturated rings. The largest absolute Gasteiger partial charge is 0.352 e. The van der Waals surface area contributed by atoms with Gasteiger partial charge in [-0.25, -0.2) is 0 Å². The molecular formula is C13H21Cl2N3O. The number of hydrogen-bond donors (Lipinski definition) is 2. The molecule has 0 spiro atoms. The summed E-state index contributed by atoms with van der Waals surface area (Å²) >= 11 is 0. The Morgan fingerprint density at radius 2 is 2.26 bits per heavy atom. The van der Waals surface area contributed by atoms with Crippen molar-refractivity contribution in [2.75, 3.05) is 13.1 Å². The molecule has 2 heterocycles. The normalized spacial score (nSPS) is 17.2. The number of hydrogen-bond acceptors (Lipinski definition) is 3. The van der Waals surface area contributed by atoms with Crippen LogP contribution < -0.4 is 10.6 Å². The third kappa shape index (κ3) is 6.23. The van der Waals surface area contributed by atoms with E-state index < -0.39 is 0 Å². The molecule has 1 amide bonds. The zero-order valence-electron chi connectivity index (χ0n) is 11.0. The van der Waals surface area contributed by atoms with Gasteiger partial charge in [0.1, 0.15) is 0 Å². The van der Waals surface area contributed by atoms with Gasteiger partial charge in [0, 0.05) is 24.9 Å². The Balaban J connectivity index is 0.00000162. The van der Waals surface area contributed by atoms with E-state index in [1.54, 1.807) is 0 Å². The summed E-state index contributed by atoms with van der Waals surface area (Å²) in [6.45, 7) is 4.54. The minimum absolute atomic E-state index is 0. The second kappa shape index (κ2) is 9.13. The van der Waals surface area contributed by atoms with E-state index in [2.05, 4.69) is 15.6 Å². The number of carbonyl (C=O) groups is 1. The lowest BCUT2D eigenvalue weighted by Crippen LogP contribution is -2.25. The van der Waals surface area contributed by atoms with E-state index in [1.165, 1.54) is 0 Å². The first-order valence-corrected chi connectivity index (χ1v) is 6.13. The van der Waals surface area contributed by atoms with Crippen molar-refractivity contribution in [1.29, 1.82) is 0 Å². The van der Waals surface area contributed by atoms with Crippen molar-refractivity contribution in [2.24, 2.45) is 5.92 Å². The van der Waals surface area contributed by atoms with Crippen LogP contribution in [-0.4, -0.2) is 24.0 Å². The maximum absolute atomic E-state index is 11.7. The third-order valence-electron chi connectivity index (χ3n) is 3.10. The number of halogens is 2. The second-order valence-electron chi connectivity index (χ2n) is 4.65. The number of nitrogens with one attached hydrogen (secondary N) is 2. The predicted octanol–water partition coefficient (Wildman–Crippen LogP) is 1.85. The molecule has 0 radical (unpaired) electrons. The average molecular weight is 306 g/mol. The molecule has 108 valence electrons. The first kappa shape index (κ1) is 18.2. The first-order chi connectivity index (χ1) is 8.24. The Bertz CT molecular complexity index is 378. The van der Waals surface area contributed by atoms with Crippen LogP contribution in [-0.2, 0) is 11.3 Å². The number of rotatable bonds is 4. The van der Waals surface area contributed by atoms with Gasteiger partial charge in [-0.15, -0.1) is 24.8 Å². The summed E-state index contributed by atoms with van der Waals surface area (Å²) in [6.07, 6.45) is 3.55. The van der Waals surface area contributed by atoms with E-state index in [0.29, 0.717) is 18.9 Å². The maximum Gasteiger partial charge on any atom is 0.220 e. The maximum atomic E-state index is 11.7. The summed E-state index contributed by atoms with van der Waals surface area (Å²) in [5, 5.41) is 6.21. The molecule has 4 nitrogen and oxygen atoms in total. The van der Waals surface area contributed by atoms with Crippen LogP contribution in [0.25, 0.3) is 0 Å². The summed E-state index contributed by atoms with van der Waals surface area (Å²) < 4.78 is 0. The van der Waals surface area contributed by atoms with Crippen LogP contribution in [0.4, 0.5) is 0 Å². The van der Waals surface area contributed by atoms with E-state index >= 15 is 0 Å². The highest BCUT2D eigenvalue weighted by atomic mass is 35.5. The van der Waals surface area contributed by atoms with Gasteiger partial charge in [-0.1, -0.05) is 6.07 Å². The van der Waals surface area contributed by atoms with Crippen LogP contribution in [0.15, 0.2) is 18.3 Å². The summed E-state index contributed by atoms with van der Waals surface area (Å²) in [7, 11) is 0. The van der Waals surface area contributed by atoms with E-state index in [1.807, 2.05) is 25.3 Å². The summed E-state index contributed by atoms with van der Waals surface area (Å²) in [6, 6.07) is 3.96. The molecule has 0 aromatic carbocycles. The second-order valence-corrected chi connectivity index (χ2v) is 4.65. The van der Waals surface area contributed by atoms with Crippen LogP contribution in [0.5, 0.6) is 0 Å². The fourth-order valence-corrected chi connectivity index (χ4v) is 2.03. The summed E-state index contributed by atoms with van der Waals surface area (Å²) in [5.74, 6) is 0.644. The number of nitrogens with zero attached hydrogens (tertiary/aromatic N) is 1. The lowest BCUT2D eigenvalue weighted by atomic mass is 10.0. The highest BCUT2D eigenvalue weighted by molar-refractivity contribution is 5.85. The molecule has 1 aliphatic rings. The fourth-order valence-electron chi connectivity index (χ4n) is 2.03. The van der Waals surface area contributed by atoms with E-state index in [0.717, 1.165) is 30.8 Å². The van der Waals surface area contributed by atoms with E-state index in [-0.39, 0.29) is 30.7 Å². The summed E-state index contributed by atoms with van der Waals surface area (Å²) in [5.41, 5.74) is 2.05. The van der Waals surface area contributed by atoms with Crippen molar-refractivity contribution in [3.8, 4) is 0 Å². The van der Waals surface area contributed by atoms with Crippen molar-refractivity contribution >= 4 is 30.7 Å². The van der Waals surface area contributed by atoms with Gasteiger partial charge in [0.2, 0.25) is 5.91 Å². The topological polar surface area (TPSA) is 54.0 Å². The monoisotopic (exact) mass is 305 g/mol. The molecule has 1 aliphatic heterocycles. The number of carbonyl (C=O) groups excluding carboxylic acids is 1. The number of aromatic nitrogens is 1. The molecule has 1 atom stereocenters. The molecule has 0 bridgehead atoms. The number of aryl methyl sites for hydroxylation is 1. The Kier molecular flexibility index (Phi) is 8.72. The molecule has 1 saturated heterocycles. The Labute approximate surface area is 126 Å². The van der Waals surface area contributed by atoms with Crippen LogP contribution >= 0.6 is 24.8 Å². The highest BCUT2D eigenvalue weighted by Gasteiger charge is 2.17. The molecule has 1 aromatic rings. The minimum Gasteiger partial charge on any atom is -0.352 e. The van der Waals surface area contributed by atoms with Crippen molar-refractivity contribution in [2.45, 2.75) is 26.3 Å². The van der Waals surface area contributed by atoms with Crippen LogP contribution in [0.3, 0.4) is 0 Å². The molecule has 1 aromatic heterocycles. The SMILES string of the molecule is Cc1ccc(CNC(=O)CC2CCNC2)cn1.Cl.Cl. The van der Waals surface area contributed by atoms with Crippen molar-refractivity contribution < 1.29 is 4.79 Å². The molecule has 19 heavy (non-hydrogen) atoms.